The van der Waals surface area contributed by atoms with Gasteiger partial charge >= 0.3 is 73.3 Å². The lowest BCUT2D eigenvalue weighted by Crippen LogP contribution is -2.58. The van der Waals surface area contributed by atoms with Crippen LogP contribution < -0.4 is 28.4 Å². The van der Waals surface area contributed by atoms with E-state index in [9.17, 15) is 140 Å². The Labute approximate surface area is 743 Å². The minimum Gasteiger partial charge on any atom is -0.478 e. The van der Waals surface area contributed by atoms with Gasteiger partial charge in [-0.15, -0.1) is 0 Å². The highest BCUT2D eigenvalue weighted by Gasteiger charge is 2.76. The van der Waals surface area contributed by atoms with Crippen LogP contribution in [0.5, 0.6) is 46.0 Å². The van der Waals surface area contributed by atoms with E-state index in [4.69, 9.17) is 9.47 Å². The zero-order chi connectivity index (χ0) is 106. The van der Waals surface area contributed by atoms with Gasteiger partial charge in [0.05, 0.1) is 33.4 Å². The van der Waals surface area contributed by atoms with E-state index in [2.05, 4.69) is 51.1 Å². The number of benzene rings is 9. The molecule has 0 fully saturated rings. The van der Waals surface area contributed by atoms with Gasteiger partial charge in [0, 0.05) is 10.8 Å². The third kappa shape index (κ3) is 21.5. The zero-order valence-electron chi connectivity index (χ0n) is 67.4. The molecule has 0 amide bonds. The number of rotatable bonds is 40. The van der Waals surface area contributed by atoms with Crippen LogP contribution in [0.1, 0.15) is 61.1 Å². The van der Waals surface area contributed by atoms with E-state index in [0.717, 1.165) is 48.5 Å². The molecule has 0 saturated carbocycles. The second kappa shape index (κ2) is 38.6. The Bertz CT molecular complexity index is 5740. The van der Waals surface area contributed by atoms with Crippen molar-refractivity contribution in [1.82, 2.24) is 0 Å². The number of ether oxygens (including phenoxy) is 12. The van der Waals surface area contributed by atoms with Crippen LogP contribution in [-0.4, -0.2) is 99.7 Å². The van der Waals surface area contributed by atoms with Crippen molar-refractivity contribution < 1.29 is 268 Å². The summed E-state index contributed by atoms with van der Waals surface area (Å²) in [5, 5.41) is 0. The van der Waals surface area contributed by atoms with Gasteiger partial charge in [0.15, 0.2) is 119 Å². The topological polar surface area (TPSA) is 111 Å². The second-order valence-corrected chi connectivity index (χ2v) is 28.8. The molecule has 766 valence electrons. The highest BCUT2D eigenvalue weighted by molar-refractivity contribution is 5.71. The molecule has 9 aromatic carbocycles. The molecule has 9 aromatic rings. The minimum atomic E-state index is -7.74. The maximum absolute atomic E-state index is 15.7. The van der Waals surface area contributed by atoms with Crippen LogP contribution in [0.3, 0.4) is 0 Å². The van der Waals surface area contributed by atoms with Gasteiger partial charge in [-0.05, 0) is 46.5 Å². The fourth-order valence-corrected chi connectivity index (χ4v) is 11.7. The number of hydrogen-bond donors (Lipinski definition) is 0. The first kappa shape index (κ1) is 111. The number of hydrogen-bond acceptors (Lipinski definition) is 12. The van der Waals surface area contributed by atoms with Crippen molar-refractivity contribution in [3.05, 3.63) is 259 Å². The van der Waals surface area contributed by atoms with Gasteiger partial charge in [0.1, 0.15) is 11.5 Å². The van der Waals surface area contributed by atoms with Crippen molar-refractivity contribution in [1.29, 1.82) is 0 Å². The van der Waals surface area contributed by atoms with E-state index < -0.39 is 330 Å². The SMILES string of the molecule is C=Cc1c(F)c(F)c(OCC(F)(F)OC(F)(F)C(F)(F)OC(F)(F)C(F)(F)OC(F)(F)COc2c(F)c(F)c(-c3c(F)c(F)c(Oc4ccc(C(C)(C)c5cccc(C(C)(C)c6ccc(Oc7c(F)c(F)c(-c8c(F)c(F)c(OCC(F)(F)OC(F)(F)C(F)(F)OC(F)(F)C(F)(F)OC(F)(F)COc9c(F)c(F)c(C=C)c(F)c9F)c(F)c8F)c(F)c7F)cc6)c5)cc4)c(F)c3F)c(F)c2F)c(F)c1F. The molecule has 0 saturated heterocycles. The molecule has 12 nitrogen and oxygen atoms in total. The molecule has 140 heavy (non-hydrogen) atoms. The van der Waals surface area contributed by atoms with E-state index in [1.165, 1.54) is 52.0 Å². The van der Waals surface area contributed by atoms with Gasteiger partial charge in [0.25, 0.3) is 0 Å². The summed E-state index contributed by atoms with van der Waals surface area (Å²) in [5.41, 5.74) is -16.0. The summed E-state index contributed by atoms with van der Waals surface area (Å²) in [6, 6.07) is 13.8. The van der Waals surface area contributed by atoms with Crippen molar-refractivity contribution in [3.63, 3.8) is 0 Å². The Balaban J connectivity index is 0.831. The van der Waals surface area contributed by atoms with E-state index in [0.29, 0.717) is 11.1 Å². The van der Waals surface area contributed by atoms with Gasteiger partial charge in [-0.3, -0.25) is 0 Å². The molecule has 0 aliphatic rings. The summed E-state index contributed by atoms with van der Waals surface area (Å²) in [4.78, 5) is 0. The molecule has 0 atom stereocenters. The van der Waals surface area contributed by atoms with Crippen molar-refractivity contribution in [2.75, 3.05) is 26.4 Å². The van der Waals surface area contributed by atoms with Crippen LogP contribution in [0, 0.1) is 140 Å². The molecule has 0 heterocycles. The first-order valence-corrected chi connectivity index (χ1v) is 36.1. The van der Waals surface area contributed by atoms with Gasteiger partial charge in [0.2, 0.25) is 81.3 Å². The van der Waals surface area contributed by atoms with E-state index in [1.807, 2.05) is 0 Å². The number of halogens is 48. The van der Waals surface area contributed by atoms with E-state index in [-0.39, 0.29) is 23.3 Å². The predicted octanol–water partition coefficient (Wildman–Crippen LogP) is 28.0. The third-order valence-electron chi connectivity index (χ3n) is 18.7. The van der Waals surface area contributed by atoms with Crippen LogP contribution in [-0.2, 0) is 39.3 Å². The van der Waals surface area contributed by atoms with Crippen molar-refractivity contribution in [2.45, 2.75) is 112 Å². The molecule has 60 heteroatoms. The van der Waals surface area contributed by atoms with Crippen LogP contribution >= 0.6 is 0 Å². The largest absolute Gasteiger partial charge is 0.478 e. The molecule has 0 aromatic heterocycles. The molecular formula is C80H38F48O12. The fraction of sp³-hybridized carbons (Fsp3) is 0.275. The maximum atomic E-state index is 15.7. The lowest BCUT2D eigenvalue weighted by molar-refractivity contribution is -0.557. The van der Waals surface area contributed by atoms with Gasteiger partial charge in [-0.25, -0.2) is 81.1 Å². The lowest BCUT2D eigenvalue weighted by atomic mass is 9.73. The second-order valence-electron chi connectivity index (χ2n) is 28.8. The van der Waals surface area contributed by atoms with E-state index >= 15 is 70.2 Å². The molecule has 9 rings (SSSR count). The minimum absolute atomic E-state index is 0.0830. The molecule has 0 spiro atoms. The van der Waals surface area contributed by atoms with Crippen LogP contribution in [0.15, 0.2) is 86.0 Å². The average Bonchev–Trinajstić information content (AvgIpc) is 0.725. The van der Waals surface area contributed by atoms with Crippen molar-refractivity contribution in [3.8, 4) is 68.2 Å². The van der Waals surface area contributed by atoms with Crippen LogP contribution in [0.25, 0.3) is 34.4 Å². The summed E-state index contributed by atoms with van der Waals surface area (Å²) in [5.74, 6) is -88.2. The summed E-state index contributed by atoms with van der Waals surface area (Å²) in [6.07, 6.45) is -86.4. The Morgan fingerprint density at radius 2 is 0.386 bits per heavy atom. The zero-order valence-corrected chi connectivity index (χ0v) is 67.4. The molecule has 0 unspecified atom stereocenters. The summed E-state index contributed by atoms with van der Waals surface area (Å²) >= 11 is 0. The molecule has 0 N–H and O–H groups in total. The Morgan fingerprint density at radius 3 is 0.571 bits per heavy atom. The normalized spacial score (nSPS) is 13.3. The Kier molecular flexibility index (Phi) is 30.7. The molecule has 0 bridgehead atoms. The lowest BCUT2D eigenvalue weighted by Gasteiger charge is -2.34. The molecule has 0 radical (unpaired) electrons. The summed E-state index contributed by atoms with van der Waals surface area (Å²) in [6.45, 7) is -2.13. The van der Waals surface area contributed by atoms with Crippen LogP contribution in [0.2, 0.25) is 0 Å². The smallest absolute Gasteiger partial charge is 0.453 e. The molecule has 0 aliphatic carbocycles. The standard InChI is InChI=1S/C80H38F48O12/c1-7-31-37(81)49(93)61(50(94)38(31)82)129-21-69(105,106)135-73(113,114)77(121,122)139-79(125,126)75(117,118)137-71(109,110)23-131-63-53(97)41(85)33(42(86)54(63)98)35-45(89)57(101)65(58(102)46(35)90)133-29-16-12-25(13-17-29)67(3,4)27-10-9-11-28(20-27)68(5,6)26-14-18-30(19-15-26)134-66-59(103)47(91)36(48(92)60(66)104)34-43(87)55(99)64(56(100)44(34)88)132-24-72(111,112)138-76(119,120)80(127,128)140-78(123,124)74(115,116)136-70(107,108)22-130-62-51(95)39(83)32(8-2)40(84)52(62)96/h7-20H,1-2,21-24H2,3-6H3. The Hall–Kier alpha value is -12.3. The quantitative estimate of drug-likeness (QED) is 0.0269. The highest BCUT2D eigenvalue weighted by Crippen LogP contribution is 2.55. The summed E-state index contributed by atoms with van der Waals surface area (Å²) in [7, 11) is 0. The van der Waals surface area contributed by atoms with Crippen LogP contribution in [0.4, 0.5) is 211 Å². The fourth-order valence-electron chi connectivity index (χ4n) is 11.7. The van der Waals surface area contributed by atoms with Crippen molar-refractivity contribution in [2.24, 2.45) is 0 Å². The Morgan fingerprint density at radius 1 is 0.214 bits per heavy atom. The molecular weight excluding hydrogens is 2060 g/mol. The number of alkyl halides is 24. The third-order valence-corrected chi connectivity index (χ3v) is 18.7. The first-order chi connectivity index (χ1) is 63.7. The van der Waals surface area contributed by atoms with Gasteiger partial charge in [-0.1, -0.05) is 102 Å². The highest BCUT2D eigenvalue weighted by atomic mass is 19.4. The van der Waals surface area contributed by atoms with Gasteiger partial charge < -0.3 is 28.4 Å². The van der Waals surface area contributed by atoms with E-state index in [1.54, 1.807) is 9.47 Å². The summed E-state index contributed by atoms with van der Waals surface area (Å²) < 4.78 is 740. The maximum Gasteiger partial charge on any atom is 0.453 e. The van der Waals surface area contributed by atoms with Crippen molar-refractivity contribution >= 4 is 12.2 Å². The molecule has 0 aliphatic heterocycles. The first-order valence-electron chi connectivity index (χ1n) is 36.1. The monoisotopic (exact) mass is 2100 g/mol. The van der Waals surface area contributed by atoms with Gasteiger partial charge in [-0.2, -0.15) is 158 Å². The predicted molar refractivity (Wildman–Crippen MR) is 367 cm³/mol. The average molecular weight is 2100 g/mol.